The van der Waals surface area contributed by atoms with Crippen molar-refractivity contribution in [2.24, 2.45) is 5.92 Å². The van der Waals surface area contributed by atoms with Gasteiger partial charge in [0.25, 0.3) is 10.2 Å². The van der Waals surface area contributed by atoms with E-state index in [0.29, 0.717) is 19.5 Å². The summed E-state index contributed by atoms with van der Waals surface area (Å²) in [5.74, 6) is -0.110. The second-order valence-corrected chi connectivity index (χ2v) is 9.20. The number of hydrogen-bond donors (Lipinski definition) is 2. The summed E-state index contributed by atoms with van der Waals surface area (Å²) in [6.45, 7) is 0.695. The van der Waals surface area contributed by atoms with Gasteiger partial charge in [0, 0.05) is 25.7 Å². The third kappa shape index (κ3) is 3.88. The lowest BCUT2D eigenvalue weighted by Gasteiger charge is -2.31. The van der Waals surface area contributed by atoms with Crippen LogP contribution in [0.4, 0.5) is 0 Å². The molecule has 2 atom stereocenters. The molecular weight excluding hydrogens is 292 g/mol. The molecule has 2 unspecified atom stereocenters. The molecular formula is C10H20N2O5S2. The van der Waals surface area contributed by atoms with Crippen LogP contribution in [0.25, 0.3) is 0 Å². The fourth-order valence-electron chi connectivity index (χ4n) is 2.57. The second-order valence-electron chi connectivity index (χ2n) is 5.27. The van der Waals surface area contributed by atoms with E-state index in [9.17, 15) is 16.8 Å². The Morgan fingerprint density at radius 2 is 2.05 bits per heavy atom. The largest absolute Gasteiger partial charge is 0.396 e. The highest BCUT2D eigenvalue weighted by atomic mass is 32.2. The minimum Gasteiger partial charge on any atom is -0.396 e. The Bertz CT molecular complexity index is 516. The van der Waals surface area contributed by atoms with Gasteiger partial charge in [0.15, 0.2) is 9.84 Å². The average Bonchev–Trinajstić information content (AvgIpc) is 2.68. The van der Waals surface area contributed by atoms with Crippen LogP contribution in [-0.4, -0.2) is 63.5 Å². The zero-order valence-electron chi connectivity index (χ0n) is 10.7. The SMILES string of the molecule is O=S1(=O)CCC(NS(=O)(=O)N2CCCC(CO)C2)C1. The summed E-state index contributed by atoms with van der Waals surface area (Å²) in [7, 11) is -6.75. The van der Waals surface area contributed by atoms with E-state index in [1.165, 1.54) is 4.31 Å². The topological polar surface area (TPSA) is 104 Å². The Kier molecular flexibility index (Phi) is 4.51. The number of aliphatic hydroxyl groups is 1. The third-order valence-corrected chi connectivity index (χ3v) is 7.04. The van der Waals surface area contributed by atoms with Gasteiger partial charge in [-0.3, -0.25) is 0 Å². The van der Waals surface area contributed by atoms with E-state index < -0.39 is 26.1 Å². The van der Waals surface area contributed by atoms with E-state index in [0.717, 1.165) is 12.8 Å². The van der Waals surface area contributed by atoms with Crippen LogP contribution < -0.4 is 4.72 Å². The van der Waals surface area contributed by atoms with E-state index in [1.807, 2.05) is 0 Å². The standard InChI is InChI=1S/C10H20N2O5S2/c13-7-9-2-1-4-12(6-9)19(16,17)11-10-3-5-18(14,15)8-10/h9-11,13H,1-8H2. The van der Waals surface area contributed by atoms with Crippen molar-refractivity contribution < 1.29 is 21.9 Å². The van der Waals surface area contributed by atoms with Crippen molar-refractivity contribution >= 4 is 20.0 Å². The monoisotopic (exact) mass is 312 g/mol. The van der Waals surface area contributed by atoms with E-state index in [-0.39, 0.29) is 24.0 Å². The van der Waals surface area contributed by atoms with Crippen LogP contribution in [0.3, 0.4) is 0 Å². The second kappa shape index (κ2) is 5.65. The molecule has 2 rings (SSSR count). The van der Waals surface area contributed by atoms with Gasteiger partial charge in [-0.15, -0.1) is 0 Å². The maximum Gasteiger partial charge on any atom is 0.279 e. The minimum absolute atomic E-state index is 0.0240. The number of sulfone groups is 1. The minimum atomic E-state index is -3.65. The summed E-state index contributed by atoms with van der Waals surface area (Å²) in [4.78, 5) is 0. The Balaban J connectivity index is 1.98. The van der Waals surface area contributed by atoms with Crippen molar-refractivity contribution in [3.05, 3.63) is 0 Å². The van der Waals surface area contributed by atoms with Gasteiger partial charge < -0.3 is 5.11 Å². The zero-order chi connectivity index (χ0) is 14.1. The molecule has 2 fully saturated rings. The maximum atomic E-state index is 12.2. The molecule has 9 heteroatoms. The van der Waals surface area contributed by atoms with E-state index in [4.69, 9.17) is 5.11 Å². The van der Waals surface area contributed by atoms with Crippen LogP contribution in [0.5, 0.6) is 0 Å². The van der Waals surface area contributed by atoms with Gasteiger partial charge in [-0.25, -0.2) is 8.42 Å². The number of nitrogens with zero attached hydrogens (tertiary/aromatic N) is 1. The van der Waals surface area contributed by atoms with Crippen molar-refractivity contribution in [3.63, 3.8) is 0 Å². The molecule has 0 saturated carbocycles. The molecule has 7 nitrogen and oxygen atoms in total. The van der Waals surface area contributed by atoms with Crippen molar-refractivity contribution in [2.75, 3.05) is 31.2 Å². The van der Waals surface area contributed by atoms with Crippen LogP contribution >= 0.6 is 0 Å². The van der Waals surface area contributed by atoms with Gasteiger partial charge in [-0.2, -0.15) is 17.4 Å². The van der Waals surface area contributed by atoms with E-state index >= 15 is 0 Å². The van der Waals surface area contributed by atoms with Crippen molar-refractivity contribution in [3.8, 4) is 0 Å². The molecule has 2 aliphatic heterocycles. The fraction of sp³-hybridized carbons (Fsp3) is 1.00. The van der Waals surface area contributed by atoms with Crippen LogP contribution in [-0.2, 0) is 20.0 Å². The fourth-order valence-corrected chi connectivity index (χ4v) is 5.89. The molecule has 2 saturated heterocycles. The normalized spacial score (nSPS) is 32.5. The lowest BCUT2D eigenvalue weighted by Crippen LogP contribution is -2.49. The first-order valence-electron chi connectivity index (χ1n) is 6.41. The first-order valence-corrected chi connectivity index (χ1v) is 9.67. The molecule has 2 N–H and O–H groups in total. The molecule has 112 valence electrons. The number of nitrogens with one attached hydrogen (secondary N) is 1. The van der Waals surface area contributed by atoms with Crippen molar-refractivity contribution in [2.45, 2.75) is 25.3 Å². The average molecular weight is 312 g/mol. The lowest BCUT2D eigenvalue weighted by atomic mass is 10.0. The number of aliphatic hydroxyl groups excluding tert-OH is 1. The van der Waals surface area contributed by atoms with Crippen LogP contribution in [0.2, 0.25) is 0 Å². The van der Waals surface area contributed by atoms with Gasteiger partial charge in [0.05, 0.1) is 11.5 Å². The Morgan fingerprint density at radius 3 is 2.63 bits per heavy atom. The van der Waals surface area contributed by atoms with Crippen LogP contribution in [0.15, 0.2) is 0 Å². The van der Waals surface area contributed by atoms with Gasteiger partial charge in [0.1, 0.15) is 0 Å². The highest BCUT2D eigenvalue weighted by Gasteiger charge is 2.34. The Morgan fingerprint density at radius 1 is 1.32 bits per heavy atom. The number of rotatable bonds is 4. The van der Waals surface area contributed by atoms with Crippen molar-refractivity contribution in [1.29, 1.82) is 0 Å². The number of hydrogen-bond acceptors (Lipinski definition) is 5. The van der Waals surface area contributed by atoms with Crippen LogP contribution in [0, 0.1) is 5.92 Å². The summed E-state index contributed by atoms with van der Waals surface area (Å²) >= 11 is 0. The summed E-state index contributed by atoms with van der Waals surface area (Å²) in [6, 6.07) is -0.524. The summed E-state index contributed by atoms with van der Waals surface area (Å²) in [6.07, 6.45) is 1.87. The molecule has 0 aliphatic carbocycles. The summed E-state index contributed by atoms with van der Waals surface area (Å²) in [5.41, 5.74) is 0. The quantitative estimate of drug-likeness (QED) is 0.672. The predicted octanol–water partition coefficient (Wildman–Crippen LogP) is -1.29. The van der Waals surface area contributed by atoms with Gasteiger partial charge in [0.2, 0.25) is 0 Å². The molecule has 0 aromatic carbocycles. The summed E-state index contributed by atoms with van der Waals surface area (Å²) < 4.78 is 50.7. The van der Waals surface area contributed by atoms with Gasteiger partial charge in [-0.1, -0.05) is 0 Å². The molecule has 0 spiro atoms. The molecule has 2 aliphatic rings. The van der Waals surface area contributed by atoms with Crippen LogP contribution in [0.1, 0.15) is 19.3 Å². The highest BCUT2D eigenvalue weighted by Crippen LogP contribution is 2.19. The first kappa shape index (κ1) is 15.2. The Labute approximate surface area is 114 Å². The smallest absolute Gasteiger partial charge is 0.279 e. The molecule has 2 heterocycles. The first-order chi connectivity index (χ1) is 8.82. The molecule has 0 aromatic rings. The lowest BCUT2D eigenvalue weighted by molar-refractivity contribution is 0.164. The predicted molar refractivity (Wildman–Crippen MR) is 70.5 cm³/mol. The zero-order valence-corrected chi connectivity index (χ0v) is 12.3. The maximum absolute atomic E-state index is 12.2. The van der Waals surface area contributed by atoms with E-state index in [2.05, 4.69) is 4.72 Å². The van der Waals surface area contributed by atoms with Gasteiger partial charge in [-0.05, 0) is 25.2 Å². The molecule has 19 heavy (non-hydrogen) atoms. The molecule has 0 radical (unpaired) electrons. The van der Waals surface area contributed by atoms with Crippen molar-refractivity contribution in [1.82, 2.24) is 9.03 Å². The van der Waals surface area contributed by atoms with E-state index in [1.54, 1.807) is 0 Å². The third-order valence-electron chi connectivity index (χ3n) is 3.63. The number of piperidine rings is 1. The van der Waals surface area contributed by atoms with Gasteiger partial charge >= 0.3 is 0 Å². The Hall–Kier alpha value is -0.220. The highest BCUT2D eigenvalue weighted by molar-refractivity contribution is 7.91. The molecule has 0 amide bonds. The molecule has 0 aromatic heterocycles. The summed E-state index contributed by atoms with van der Waals surface area (Å²) in [5, 5.41) is 9.11. The molecule has 0 bridgehead atoms.